The Morgan fingerprint density at radius 3 is 2.71 bits per heavy atom. The fourth-order valence-corrected chi connectivity index (χ4v) is 3.23. The highest BCUT2D eigenvalue weighted by Gasteiger charge is 2.21. The highest BCUT2D eigenvalue weighted by atomic mass is 16.1. The fourth-order valence-electron chi connectivity index (χ4n) is 3.23. The van der Waals surface area contributed by atoms with E-state index in [2.05, 4.69) is 24.1 Å². The van der Waals surface area contributed by atoms with Crippen LogP contribution in [0.25, 0.3) is 0 Å². The fraction of sp³-hybridized carbons (Fsp3) is 0.588. The van der Waals surface area contributed by atoms with Gasteiger partial charge in [-0.2, -0.15) is 0 Å². The molecule has 0 saturated carbocycles. The lowest BCUT2D eigenvalue weighted by Crippen LogP contribution is -2.40. The molecule has 3 N–H and O–H groups in total. The van der Waals surface area contributed by atoms with E-state index < -0.39 is 0 Å². The molecule has 2 atom stereocenters. The van der Waals surface area contributed by atoms with Crippen LogP contribution in [-0.4, -0.2) is 30.4 Å². The number of piperidine rings is 1. The molecule has 1 aromatic rings. The molecule has 4 heteroatoms. The Labute approximate surface area is 127 Å². The molecule has 0 aromatic heterocycles. The van der Waals surface area contributed by atoms with Gasteiger partial charge in [0.15, 0.2) is 0 Å². The van der Waals surface area contributed by atoms with Gasteiger partial charge in [0, 0.05) is 38.3 Å². The highest BCUT2D eigenvalue weighted by Crippen LogP contribution is 2.21. The minimum Gasteiger partial charge on any atom is -0.326 e. The third kappa shape index (κ3) is 5.14. The molecular formula is C17H27N3O. The zero-order chi connectivity index (χ0) is 15.2. The molecule has 2 rings (SSSR count). The van der Waals surface area contributed by atoms with E-state index in [1.807, 2.05) is 24.3 Å². The van der Waals surface area contributed by atoms with Crippen molar-refractivity contribution >= 4 is 11.6 Å². The quantitative estimate of drug-likeness (QED) is 0.875. The number of carbonyl (C=O) groups is 1. The second-order valence-corrected chi connectivity index (χ2v) is 6.41. The molecule has 0 bridgehead atoms. The number of likely N-dealkylation sites (tertiary alicyclic amines) is 1. The number of anilines is 1. The molecule has 1 fully saturated rings. The van der Waals surface area contributed by atoms with Gasteiger partial charge in [-0.3, -0.25) is 4.79 Å². The highest BCUT2D eigenvalue weighted by molar-refractivity contribution is 5.90. The number of carbonyl (C=O) groups excluding carboxylic acids is 1. The number of hydrogen-bond acceptors (Lipinski definition) is 3. The summed E-state index contributed by atoms with van der Waals surface area (Å²) in [7, 11) is 0. The minimum atomic E-state index is 0.0788. The van der Waals surface area contributed by atoms with E-state index in [0.717, 1.165) is 42.7 Å². The maximum atomic E-state index is 12.0. The topological polar surface area (TPSA) is 58.4 Å². The van der Waals surface area contributed by atoms with Gasteiger partial charge >= 0.3 is 0 Å². The van der Waals surface area contributed by atoms with E-state index in [1.165, 1.54) is 6.42 Å². The summed E-state index contributed by atoms with van der Waals surface area (Å²) >= 11 is 0. The number of amides is 1. The lowest BCUT2D eigenvalue weighted by molar-refractivity contribution is -0.116. The molecular weight excluding hydrogens is 262 g/mol. The molecule has 1 aliphatic rings. The van der Waals surface area contributed by atoms with E-state index >= 15 is 0 Å². The Hall–Kier alpha value is -1.39. The van der Waals surface area contributed by atoms with Crippen LogP contribution in [0.4, 0.5) is 5.69 Å². The summed E-state index contributed by atoms with van der Waals surface area (Å²) in [5, 5.41) is 2.96. The lowest BCUT2D eigenvalue weighted by Gasteiger charge is -2.34. The van der Waals surface area contributed by atoms with Crippen molar-refractivity contribution in [2.45, 2.75) is 33.2 Å². The van der Waals surface area contributed by atoms with Gasteiger partial charge in [-0.15, -0.1) is 0 Å². The predicted octanol–water partition coefficient (Wildman–Crippen LogP) is 2.45. The van der Waals surface area contributed by atoms with E-state index in [9.17, 15) is 4.79 Å². The summed E-state index contributed by atoms with van der Waals surface area (Å²) in [6.45, 7) is 8.15. The van der Waals surface area contributed by atoms with Crippen LogP contribution in [0.15, 0.2) is 24.3 Å². The summed E-state index contributed by atoms with van der Waals surface area (Å²) in [6.07, 6.45) is 1.85. The Kier molecular flexibility index (Phi) is 5.76. The SMILES string of the molecule is CC1CC(C)CN(CCC(=O)Nc2cccc(CN)c2)C1. The minimum absolute atomic E-state index is 0.0788. The standard InChI is InChI=1S/C17H27N3O/c1-13-8-14(2)12-20(11-13)7-6-17(21)19-16-5-3-4-15(9-16)10-18/h3-5,9,13-14H,6-8,10-12,18H2,1-2H3,(H,19,21). The van der Waals surface area contributed by atoms with Crippen LogP contribution in [0, 0.1) is 11.8 Å². The Balaban J connectivity index is 1.79. The maximum Gasteiger partial charge on any atom is 0.225 e. The van der Waals surface area contributed by atoms with E-state index in [4.69, 9.17) is 5.73 Å². The van der Waals surface area contributed by atoms with Crippen molar-refractivity contribution in [1.29, 1.82) is 0 Å². The largest absolute Gasteiger partial charge is 0.326 e. The number of nitrogens with two attached hydrogens (primary N) is 1. The molecule has 2 unspecified atom stereocenters. The first-order valence-corrected chi connectivity index (χ1v) is 7.88. The number of nitrogens with zero attached hydrogens (tertiary/aromatic N) is 1. The normalized spacial score (nSPS) is 23.0. The van der Waals surface area contributed by atoms with Crippen molar-refractivity contribution in [1.82, 2.24) is 4.90 Å². The average molecular weight is 289 g/mol. The molecule has 1 heterocycles. The zero-order valence-corrected chi connectivity index (χ0v) is 13.1. The van der Waals surface area contributed by atoms with Gasteiger partial charge in [0.2, 0.25) is 5.91 Å². The van der Waals surface area contributed by atoms with Gasteiger partial charge in [0.25, 0.3) is 0 Å². The number of nitrogens with one attached hydrogen (secondary N) is 1. The van der Waals surface area contributed by atoms with Gasteiger partial charge in [-0.1, -0.05) is 26.0 Å². The summed E-state index contributed by atoms with van der Waals surface area (Å²) in [6, 6.07) is 7.73. The van der Waals surface area contributed by atoms with Crippen molar-refractivity contribution in [3.63, 3.8) is 0 Å². The zero-order valence-electron chi connectivity index (χ0n) is 13.1. The summed E-state index contributed by atoms with van der Waals surface area (Å²) in [5.74, 6) is 1.55. The molecule has 4 nitrogen and oxygen atoms in total. The van der Waals surface area contributed by atoms with Crippen LogP contribution >= 0.6 is 0 Å². The second-order valence-electron chi connectivity index (χ2n) is 6.41. The molecule has 1 aliphatic heterocycles. The van der Waals surface area contributed by atoms with E-state index in [-0.39, 0.29) is 5.91 Å². The summed E-state index contributed by atoms with van der Waals surface area (Å²) < 4.78 is 0. The molecule has 116 valence electrons. The van der Waals surface area contributed by atoms with Crippen LogP contribution in [0.5, 0.6) is 0 Å². The average Bonchev–Trinajstić information content (AvgIpc) is 2.44. The van der Waals surface area contributed by atoms with Crippen molar-refractivity contribution in [3.05, 3.63) is 29.8 Å². The first-order chi connectivity index (χ1) is 10.1. The van der Waals surface area contributed by atoms with Gasteiger partial charge in [-0.05, 0) is 36.0 Å². The number of hydrogen-bond donors (Lipinski definition) is 2. The molecule has 0 spiro atoms. The third-order valence-corrected chi connectivity index (χ3v) is 4.05. The molecule has 0 radical (unpaired) electrons. The smallest absolute Gasteiger partial charge is 0.225 e. The second kappa shape index (κ2) is 7.57. The number of benzene rings is 1. The van der Waals surface area contributed by atoms with Crippen molar-refractivity contribution in [2.75, 3.05) is 25.0 Å². The summed E-state index contributed by atoms with van der Waals surface area (Å²) in [4.78, 5) is 14.5. The maximum absolute atomic E-state index is 12.0. The van der Waals surface area contributed by atoms with Gasteiger partial charge in [-0.25, -0.2) is 0 Å². The van der Waals surface area contributed by atoms with Crippen molar-refractivity contribution in [2.24, 2.45) is 17.6 Å². The monoisotopic (exact) mass is 289 g/mol. The first-order valence-electron chi connectivity index (χ1n) is 7.88. The molecule has 1 saturated heterocycles. The third-order valence-electron chi connectivity index (χ3n) is 4.05. The van der Waals surface area contributed by atoms with Gasteiger partial charge in [0.1, 0.15) is 0 Å². The van der Waals surface area contributed by atoms with Crippen LogP contribution in [-0.2, 0) is 11.3 Å². The Morgan fingerprint density at radius 1 is 1.33 bits per heavy atom. The van der Waals surface area contributed by atoms with Crippen molar-refractivity contribution in [3.8, 4) is 0 Å². The molecule has 21 heavy (non-hydrogen) atoms. The summed E-state index contributed by atoms with van der Waals surface area (Å²) in [5.41, 5.74) is 7.48. The molecule has 0 aliphatic carbocycles. The molecule has 1 amide bonds. The van der Waals surface area contributed by atoms with E-state index in [0.29, 0.717) is 13.0 Å². The van der Waals surface area contributed by atoms with Crippen LogP contribution in [0.2, 0.25) is 0 Å². The van der Waals surface area contributed by atoms with Crippen LogP contribution in [0.1, 0.15) is 32.3 Å². The Bertz CT molecular complexity index is 465. The predicted molar refractivity (Wildman–Crippen MR) is 87.0 cm³/mol. The van der Waals surface area contributed by atoms with Crippen LogP contribution in [0.3, 0.4) is 0 Å². The van der Waals surface area contributed by atoms with Crippen LogP contribution < -0.4 is 11.1 Å². The molecule has 1 aromatic carbocycles. The van der Waals surface area contributed by atoms with E-state index in [1.54, 1.807) is 0 Å². The van der Waals surface area contributed by atoms with Gasteiger partial charge in [0.05, 0.1) is 0 Å². The van der Waals surface area contributed by atoms with Crippen molar-refractivity contribution < 1.29 is 4.79 Å². The number of rotatable bonds is 5. The van der Waals surface area contributed by atoms with Gasteiger partial charge < -0.3 is 16.0 Å². The first kappa shape index (κ1) is 16.0. The lowest BCUT2D eigenvalue weighted by atomic mass is 9.92. The Morgan fingerprint density at radius 2 is 2.05 bits per heavy atom.